The molecule has 2 aromatic carbocycles. The smallest absolute Gasteiger partial charge is 0.337 e. The van der Waals surface area contributed by atoms with Crippen LogP contribution in [0, 0.1) is 0 Å². The fourth-order valence-electron chi connectivity index (χ4n) is 2.91. The van der Waals surface area contributed by atoms with Crippen molar-refractivity contribution in [2.24, 2.45) is 5.73 Å². The quantitative estimate of drug-likeness (QED) is 0.393. The highest BCUT2D eigenvalue weighted by molar-refractivity contribution is 5.97. The van der Waals surface area contributed by atoms with Crippen molar-refractivity contribution < 1.29 is 14.7 Å². The van der Waals surface area contributed by atoms with Gasteiger partial charge in [0.15, 0.2) is 0 Å². The Hall–Kier alpha value is -4.46. The Bertz CT molecular complexity index is 1170. The lowest BCUT2D eigenvalue weighted by Crippen LogP contribution is -2.13. The number of benzene rings is 2. The molecule has 31 heavy (non-hydrogen) atoms. The summed E-state index contributed by atoms with van der Waals surface area (Å²) in [6.45, 7) is 0. The van der Waals surface area contributed by atoms with Gasteiger partial charge in [0.25, 0.3) is 0 Å². The summed E-state index contributed by atoms with van der Waals surface area (Å²) in [6, 6.07) is 21.9. The third kappa shape index (κ3) is 5.77. The van der Waals surface area contributed by atoms with Crippen molar-refractivity contribution in [1.82, 2.24) is 15.0 Å². The Morgan fingerprint density at radius 3 is 2.19 bits per heavy atom. The summed E-state index contributed by atoms with van der Waals surface area (Å²) in [6.07, 6.45) is 1.86. The number of aromatic nitrogens is 3. The van der Waals surface area contributed by atoms with Gasteiger partial charge in [-0.05, 0) is 23.3 Å². The van der Waals surface area contributed by atoms with Crippen LogP contribution in [0.3, 0.4) is 0 Å². The van der Waals surface area contributed by atoms with E-state index in [2.05, 4.69) is 15.0 Å². The first-order valence-electron chi connectivity index (χ1n) is 9.37. The van der Waals surface area contributed by atoms with Gasteiger partial charge in [-0.15, -0.1) is 0 Å². The molecule has 0 saturated heterocycles. The molecule has 6 N–H and O–H groups in total. The monoisotopic (exact) mass is 415 g/mol. The molecule has 0 fully saturated rings. The summed E-state index contributed by atoms with van der Waals surface area (Å²) in [5, 5.41) is 9.36. The van der Waals surface area contributed by atoms with Crippen LogP contribution in [-0.4, -0.2) is 31.9 Å². The number of amides is 1. The van der Waals surface area contributed by atoms with Crippen molar-refractivity contribution in [3.63, 3.8) is 0 Å². The summed E-state index contributed by atoms with van der Waals surface area (Å²) in [5.41, 5.74) is 14.2. The molecular formula is C23H21N5O3. The van der Waals surface area contributed by atoms with Crippen LogP contribution in [0.2, 0.25) is 0 Å². The van der Waals surface area contributed by atoms with Gasteiger partial charge < -0.3 is 21.6 Å². The van der Waals surface area contributed by atoms with E-state index in [0.29, 0.717) is 23.5 Å². The average Bonchev–Trinajstić information content (AvgIpc) is 3.21. The summed E-state index contributed by atoms with van der Waals surface area (Å²) < 4.78 is 0. The molecule has 0 atom stereocenters. The van der Waals surface area contributed by atoms with Gasteiger partial charge >= 0.3 is 5.97 Å². The van der Waals surface area contributed by atoms with Crippen LogP contribution in [0.4, 0.5) is 5.95 Å². The number of anilines is 1. The standard InChI is InChI=1S/C15H12N4O2.C8H9NO/c16-15-17-7-6-11(19-15)12-8-10(14(20)21)13(18-12)9-4-2-1-3-5-9;9-8(10)6-7-4-2-1-3-5-7/h1-8,18H,(H,20,21)(H2,16,17,19);1-5H,6H2,(H2,9,10). The number of carboxylic acids is 1. The lowest BCUT2D eigenvalue weighted by molar-refractivity contribution is -0.117. The van der Waals surface area contributed by atoms with Crippen molar-refractivity contribution in [1.29, 1.82) is 0 Å². The van der Waals surface area contributed by atoms with E-state index in [1.165, 1.54) is 6.20 Å². The first kappa shape index (κ1) is 21.3. The molecule has 156 valence electrons. The van der Waals surface area contributed by atoms with E-state index in [1.54, 1.807) is 12.1 Å². The number of rotatable bonds is 5. The zero-order chi connectivity index (χ0) is 22.2. The number of hydrogen-bond donors (Lipinski definition) is 4. The van der Waals surface area contributed by atoms with E-state index in [-0.39, 0.29) is 17.4 Å². The molecule has 1 amide bonds. The highest BCUT2D eigenvalue weighted by atomic mass is 16.4. The fraction of sp³-hybridized carbons (Fsp3) is 0.0435. The summed E-state index contributed by atoms with van der Waals surface area (Å²) in [7, 11) is 0. The maximum absolute atomic E-state index is 11.4. The molecule has 0 aliphatic carbocycles. The van der Waals surface area contributed by atoms with E-state index >= 15 is 0 Å². The van der Waals surface area contributed by atoms with E-state index < -0.39 is 5.97 Å². The molecule has 0 aliphatic rings. The van der Waals surface area contributed by atoms with Crippen LogP contribution in [0.5, 0.6) is 0 Å². The number of primary amides is 1. The van der Waals surface area contributed by atoms with Gasteiger partial charge in [0, 0.05) is 6.20 Å². The summed E-state index contributed by atoms with van der Waals surface area (Å²) >= 11 is 0. The second kappa shape index (κ2) is 9.84. The van der Waals surface area contributed by atoms with Crippen LogP contribution in [-0.2, 0) is 11.2 Å². The number of H-pyrrole nitrogens is 1. The van der Waals surface area contributed by atoms with Crippen molar-refractivity contribution in [2.45, 2.75) is 6.42 Å². The number of carbonyl (C=O) groups is 2. The molecule has 0 bridgehead atoms. The Balaban J connectivity index is 0.000000229. The predicted molar refractivity (Wildman–Crippen MR) is 118 cm³/mol. The molecule has 0 radical (unpaired) electrons. The molecule has 8 nitrogen and oxygen atoms in total. The minimum atomic E-state index is -1.00. The van der Waals surface area contributed by atoms with Crippen molar-refractivity contribution in [3.05, 3.63) is 90.1 Å². The summed E-state index contributed by atoms with van der Waals surface area (Å²) in [5.74, 6) is -1.15. The van der Waals surface area contributed by atoms with Crippen LogP contribution in [0.1, 0.15) is 15.9 Å². The van der Waals surface area contributed by atoms with E-state index in [1.807, 2.05) is 60.7 Å². The highest BCUT2D eigenvalue weighted by Crippen LogP contribution is 2.28. The second-order valence-electron chi connectivity index (χ2n) is 6.57. The highest BCUT2D eigenvalue weighted by Gasteiger charge is 2.17. The Kier molecular flexibility index (Phi) is 6.74. The van der Waals surface area contributed by atoms with Gasteiger partial charge in [0.2, 0.25) is 11.9 Å². The van der Waals surface area contributed by atoms with Gasteiger partial charge in [-0.25, -0.2) is 14.8 Å². The molecule has 0 saturated carbocycles. The number of carboxylic acid groups (broad SMARTS) is 1. The Morgan fingerprint density at radius 1 is 0.968 bits per heavy atom. The minimum absolute atomic E-state index is 0.139. The maximum Gasteiger partial charge on any atom is 0.337 e. The molecule has 2 aromatic heterocycles. The number of nitrogens with two attached hydrogens (primary N) is 2. The van der Waals surface area contributed by atoms with Crippen LogP contribution in [0.25, 0.3) is 22.6 Å². The third-order valence-corrected chi connectivity index (χ3v) is 4.28. The van der Waals surface area contributed by atoms with E-state index in [0.717, 1.165) is 11.1 Å². The van der Waals surface area contributed by atoms with Crippen LogP contribution >= 0.6 is 0 Å². The Morgan fingerprint density at radius 2 is 1.61 bits per heavy atom. The number of aromatic carboxylic acids is 1. The SMILES string of the molecule is NC(=O)Cc1ccccc1.Nc1nccc(-c2cc(C(=O)O)c(-c3ccccc3)[nH]2)n1. The first-order valence-corrected chi connectivity index (χ1v) is 9.37. The predicted octanol–water partition coefficient (Wildman–Crippen LogP) is 3.13. The van der Waals surface area contributed by atoms with Gasteiger partial charge in [0.05, 0.1) is 29.1 Å². The zero-order valence-electron chi connectivity index (χ0n) is 16.5. The average molecular weight is 415 g/mol. The van der Waals surface area contributed by atoms with E-state index in [9.17, 15) is 14.7 Å². The molecule has 2 heterocycles. The number of hydrogen-bond acceptors (Lipinski definition) is 5. The Labute approximate surface area is 178 Å². The van der Waals surface area contributed by atoms with E-state index in [4.69, 9.17) is 11.5 Å². The van der Waals surface area contributed by atoms with Crippen LogP contribution < -0.4 is 11.5 Å². The molecular weight excluding hydrogens is 394 g/mol. The molecule has 0 spiro atoms. The number of carbonyl (C=O) groups excluding carboxylic acids is 1. The molecule has 8 heteroatoms. The van der Waals surface area contributed by atoms with Gasteiger partial charge in [-0.1, -0.05) is 60.7 Å². The summed E-state index contributed by atoms with van der Waals surface area (Å²) in [4.78, 5) is 32.8. The number of nitrogens with one attached hydrogen (secondary N) is 1. The van der Waals surface area contributed by atoms with Gasteiger partial charge in [-0.2, -0.15) is 0 Å². The zero-order valence-corrected chi connectivity index (χ0v) is 16.5. The van der Waals surface area contributed by atoms with Crippen LogP contribution in [0.15, 0.2) is 79.0 Å². The fourth-order valence-corrected chi connectivity index (χ4v) is 2.91. The normalized spacial score (nSPS) is 10.1. The van der Waals surface area contributed by atoms with Gasteiger partial charge in [-0.3, -0.25) is 4.79 Å². The molecule has 4 rings (SSSR count). The van der Waals surface area contributed by atoms with Crippen molar-refractivity contribution >= 4 is 17.8 Å². The maximum atomic E-state index is 11.4. The van der Waals surface area contributed by atoms with Crippen molar-refractivity contribution in [3.8, 4) is 22.6 Å². The molecule has 0 unspecified atom stereocenters. The second-order valence-corrected chi connectivity index (χ2v) is 6.57. The largest absolute Gasteiger partial charge is 0.478 e. The molecule has 0 aliphatic heterocycles. The first-order chi connectivity index (χ1) is 14.9. The number of nitrogens with zero attached hydrogens (tertiary/aromatic N) is 2. The number of aromatic amines is 1. The van der Waals surface area contributed by atoms with Gasteiger partial charge in [0.1, 0.15) is 0 Å². The lowest BCUT2D eigenvalue weighted by atomic mass is 10.1. The molecule has 4 aromatic rings. The third-order valence-electron chi connectivity index (χ3n) is 4.28. The topological polar surface area (TPSA) is 148 Å². The van der Waals surface area contributed by atoms with Crippen molar-refractivity contribution in [2.75, 3.05) is 5.73 Å². The minimum Gasteiger partial charge on any atom is -0.478 e. The lowest BCUT2D eigenvalue weighted by Gasteiger charge is -2.00. The number of nitrogen functional groups attached to an aromatic ring is 1.